The van der Waals surface area contributed by atoms with Crippen molar-refractivity contribution in [3.8, 4) is 5.75 Å². The van der Waals surface area contributed by atoms with E-state index in [0.717, 1.165) is 25.7 Å². The topological polar surface area (TPSA) is 64.6 Å². The first-order chi connectivity index (χ1) is 10.6. The number of halogens is 1. The quantitative estimate of drug-likeness (QED) is 0.817. The van der Waals surface area contributed by atoms with Gasteiger partial charge in [-0.3, -0.25) is 4.79 Å². The number of ether oxygens (including phenoxy) is 2. The molecule has 0 bridgehead atoms. The minimum absolute atomic E-state index is 0.208. The Balaban J connectivity index is 1.64. The van der Waals surface area contributed by atoms with Crippen molar-refractivity contribution in [1.29, 1.82) is 0 Å². The van der Waals surface area contributed by atoms with E-state index in [1.54, 1.807) is 24.3 Å². The van der Waals surface area contributed by atoms with Crippen LogP contribution in [0.4, 0.5) is 0 Å². The van der Waals surface area contributed by atoms with Crippen molar-refractivity contribution in [3.63, 3.8) is 0 Å². The minimum Gasteiger partial charge on any atom is -0.480 e. The molecule has 1 aliphatic rings. The number of para-hydroxylation sites is 1. The summed E-state index contributed by atoms with van der Waals surface area (Å²) >= 11 is 5.90. The summed E-state index contributed by atoms with van der Waals surface area (Å²) in [4.78, 5) is 23.2. The van der Waals surface area contributed by atoms with Gasteiger partial charge in [-0.1, -0.05) is 43.0 Å². The lowest BCUT2D eigenvalue weighted by Crippen LogP contribution is -2.39. The van der Waals surface area contributed by atoms with E-state index in [1.165, 1.54) is 6.42 Å². The Hall–Kier alpha value is -1.75. The van der Waals surface area contributed by atoms with E-state index in [-0.39, 0.29) is 25.2 Å². The Morgan fingerprint density at radius 3 is 2.59 bits per heavy atom. The predicted octanol–water partition coefficient (Wildman–Crippen LogP) is 2.71. The first-order valence-corrected chi connectivity index (χ1v) is 7.85. The van der Waals surface area contributed by atoms with Crippen LogP contribution in [0, 0.1) is 0 Å². The molecule has 0 spiro atoms. The summed E-state index contributed by atoms with van der Waals surface area (Å²) in [6, 6.07) is 7.05. The van der Waals surface area contributed by atoms with Crippen LogP contribution in [0.15, 0.2) is 24.3 Å². The molecule has 0 aromatic heterocycles. The first-order valence-electron chi connectivity index (χ1n) is 7.47. The molecule has 120 valence electrons. The van der Waals surface area contributed by atoms with Crippen molar-refractivity contribution in [2.24, 2.45) is 0 Å². The molecule has 1 N–H and O–H groups in total. The lowest BCUT2D eigenvalue weighted by Gasteiger charge is -2.22. The van der Waals surface area contributed by atoms with Crippen molar-refractivity contribution in [1.82, 2.24) is 5.32 Å². The molecule has 1 aromatic carbocycles. The van der Waals surface area contributed by atoms with Crippen LogP contribution in [-0.4, -0.2) is 31.1 Å². The highest BCUT2D eigenvalue weighted by Gasteiger charge is 2.16. The molecule has 0 unspecified atom stereocenters. The van der Waals surface area contributed by atoms with Crippen LogP contribution >= 0.6 is 11.6 Å². The standard InChI is InChI=1S/C16H20ClNO4/c17-13-8-4-5-9-14(13)21-11-16(20)22-10-15(19)18-12-6-2-1-3-7-12/h4-5,8-9,12H,1-3,6-7,10-11H2,(H,18,19). The van der Waals surface area contributed by atoms with Gasteiger partial charge in [0.25, 0.3) is 5.91 Å². The fourth-order valence-corrected chi connectivity index (χ4v) is 2.59. The van der Waals surface area contributed by atoms with E-state index >= 15 is 0 Å². The lowest BCUT2D eigenvalue weighted by molar-refractivity contribution is -0.150. The summed E-state index contributed by atoms with van der Waals surface area (Å²) in [5, 5.41) is 3.30. The Morgan fingerprint density at radius 2 is 1.86 bits per heavy atom. The molecular formula is C16H20ClNO4. The summed E-state index contributed by atoms with van der Waals surface area (Å²) in [6.07, 6.45) is 5.48. The van der Waals surface area contributed by atoms with Crippen molar-refractivity contribution in [3.05, 3.63) is 29.3 Å². The average Bonchev–Trinajstić information content (AvgIpc) is 2.53. The number of carbonyl (C=O) groups excluding carboxylic acids is 2. The van der Waals surface area contributed by atoms with E-state index in [9.17, 15) is 9.59 Å². The zero-order valence-electron chi connectivity index (χ0n) is 12.3. The number of rotatable bonds is 6. The molecule has 1 fully saturated rings. The highest BCUT2D eigenvalue weighted by Crippen LogP contribution is 2.22. The molecule has 0 atom stereocenters. The first kappa shape index (κ1) is 16.6. The van der Waals surface area contributed by atoms with Crippen LogP contribution in [0.3, 0.4) is 0 Å². The molecule has 1 aliphatic carbocycles. The molecule has 1 amide bonds. The maximum absolute atomic E-state index is 11.7. The number of esters is 1. The summed E-state index contributed by atoms with van der Waals surface area (Å²) < 4.78 is 10.1. The second kappa shape index (κ2) is 8.63. The number of hydrogen-bond donors (Lipinski definition) is 1. The molecule has 0 saturated heterocycles. The molecule has 2 rings (SSSR count). The normalized spacial score (nSPS) is 15.1. The monoisotopic (exact) mass is 325 g/mol. The van der Waals surface area contributed by atoms with E-state index in [4.69, 9.17) is 21.1 Å². The van der Waals surface area contributed by atoms with Crippen LogP contribution < -0.4 is 10.1 Å². The van der Waals surface area contributed by atoms with Crippen LogP contribution in [0.5, 0.6) is 5.75 Å². The third-order valence-electron chi connectivity index (χ3n) is 3.52. The number of hydrogen-bond acceptors (Lipinski definition) is 4. The third-order valence-corrected chi connectivity index (χ3v) is 3.83. The van der Waals surface area contributed by atoms with Gasteiger partial charge in [-0.15, -0.1) is 0 Å². The lowest BCUT2D eigenvalue weighted by atomic mass is 9.95. The fourth-order valence-electron chi connectivity index (χ4n) is 2.40. The van der Waals surface area contributed by atoms with Gasteiger partial charge < -0.3 is 14.8 Å². The van der Waals surface area contributed by atoms with Gasteiger partial charge in [-0.05, 0) is 25.0 Å². The van der Waals surface area contributed by atoms with Gasteiger partial charge in [-0.2, -0.15) is 0 Å². The molecule has 6 heteroatoms. The summed E-state index contributed by atoms with van der Waals surface area (Å²) in [5.74, 6) is -0.454. The van der Waals surface area contributed by atoms with Crippen LogP contribution in [0.2, 0.25) is 5.02 Å². The largest absolute Gasteiger partial charge is 0.480 e. The Bertz CT molecular complexity index is 515. The number of carbonyl (C=O) groups is 2. The maximum Gasteiger partial charge on any atom is 0.344 e. The highest BCUT2D eigenvalue weighted by molar-refractivity contribution is 6.32. The second-order valence-electron chi connectivity index (χ2n) is 5.28. The number of amides is 1. The van der Waals surface area contributed by atoms with Crippen LogP contribution in [-0.2, 0) is 14.3 Å². The summed E-state index contributed by atoms with van der Waals surface area (Å²) in [5.41, 5.74) is 0. The zero-order chi connectivity index (χ0) is 15.8. The van der Waals surface area contributed by atoms with Gasteiger partial charge in [-0.25, -0.2) is 4.79 Å². The summed E-state index contributed by atoms with van der Waals surface area (Å²) in [6.45, 7) is -0.554. The molecule has 0 radical (unpaired) electrons. The zero-order valence-corrected chi connectivity index (χ0v) is 13.1. The third kappa shape index (κ3) is 5.56. The second-order valence-corrected chi connectivity index (χ2v) is 5.69. The number of nitrogens with one attached hydrogen (secondary N) is 1. The van der Waals surface area contributed by atoms with Gasteiger partial charge >= 0.3 is 5.97 Å². The number of benzene rings is 1. The molecule has 1 saturated carbocycles. The molecule has 0 heterocycles. The van der Waals surface area contributed by atoms with Gasteiger partial charge in [0.05, 0.1) is 5.02 Å². The van der Waals surface area contributed by atoms with E-state index in [0.29, 0.717) is 10.8 Å². The predicted molar refractivity (Wildman–Crippen MR) is 82.9 cm³/mol. The smallest absolute Gasteiger partial charge is 0.344 e. The SMILES string of the molecule is O=C(COC(=O)COc1ccccc1Cl)NC1CCCCC1. The van der Waals surface area contributed by atoms with Crippen molar-refractivity contribution in [2.75, 3.05) is 13.2 Å². The van der Waals surface area contributed by atoms with Crippen molar-refractivity contribution >= 4 is 23.5 Å². The van der Waals surface area contributed by atoms with Gasteiger partial charge in [0.2, 0.25) is 0 Å². The van der Waals surface area contributed by atoms with Crippen LogP contribution in [0.25, 0.3) is 0 Å². The highest BCUT2D eigenvalue weighted by atomic mass is 35.5. The minimum atomic E-state index is -0.598. The van der Waals surface area contributed by atoms with Crippen molar-refractivity contribution < 1.29 is 19.1 Å². The fraction of sp³-hybridized carbons (Fsp3) is 0.500. The molecule has 1 aromatic rings. The van der Waals surface area contributed by atoms with E-state index < -0.39 is 5.97 Å². The summed E-state index contributed by atoms with van der Waals surface area (Å²) in [7, 11) is 0. The molecule has 5 nitrogen and oxygen atoms in total. The van der Waals surface area contributed by atoms with Crippen LogP contribution in [0.1, 0.15) is 32.1 Å². The van der Waals surface area contributed by atoms with Crippen molar-refractivity contribution in [2.45, 2.75) is 38.1 Å². The van der Waals surface area contributed by atoms with E-state index in [1.807, 2.05) is 0 Å². The van der Waals surface area contributed by atoms with Gasteiger partial charge in [0.15, 0.2) is 13.2 Å². The van der Waals surface area contributed by atoms with Gasteiger partial charge in [0.1, 0.15) is 5.75 Å². The molecular weight excluding hydrogens is 306 g/mol. The Labute approximate surface area is 134 Å². The average molecular weight is 326 g/mol. The molecule has 0 aliphatic heterocycles. The molecule has 22 heavy (non-hydrogen) atoms. The maximum atomic E-state index is 11.7. The Morgan fingerprint density at radius 1 is 1.14 bits per heavy atom. The Kier molecular flexibility index (Phi) is 6.52. The van der Waals surface area contributed by atoms with Gasteiger partial charge in [0, 0.05) is 6.04 Å². The van der Waals surface area contributed by atoms with E-state index in [2.05, 4.69) is 5.32 Å².